The summed E-state index contributed by atoms with van der Waals surface area (Å²) in [7, 11) is 0. The number of nitrogens with zero attached hydrogens (tertiary/aromatic N) is 2. The molecule has 0 unspecified atom stereocenters. The molecular weight excluding hydrogens is 422 g/mol. The Morgan fingerprint density at radius 2 is 1.94 bits per heavy atom. The standard InChI is InChI=1S/C25H25N3OS2/c29-23(16-26-24(22-13-7-15-30-22)18-8-2-1-3-9-18)28-14-6-10-19(17-28)25-27-20-11-4-5-12-21(20)31-25/h1-5,7-9,11-13,15,19,24,26H,6,10,14,16-17H2/t19-,24+/m0/s1. The van der Waals surface area contributed by atoms with Gasteiger partial charge in [-0.3, -0.25) is 10.1 Å². The normalized spacial score (nSPS) is 17.7. The Hall–Kier alpha value is -2.54. The van der Waals surface area contributed by atoms with Gasteiger partial charge in [-0.05, 0) is 42.0 Å². The van der Waals surface area contributed by atoms with Crippen LogP contribution in [0.25, 0.3) is 10.2 Å². The topological polar surface area (TPSA) is 45.2 Å². The van der Waals surface area contributed by atoms with E-state index in [-0.39, 0.29) is 11.9 Å². The molecule has 1 aliphatic heterocycles. The first-order valence-corrected chi connectivity index (χ1v) is 12.4. The first-order valence-electron chi connectivity index (χ1n) is 10.7. The highest BCUT2D eigenvalue weighted by Gasteiger charge is 2.27. The lowest BCUT2D eigenvalue weighted by Gasteiger charge is -2.32. The van der Waals surface area contributed by atoms with Crippen LogP contribution in [-0.4, -0.2) is 35.4 Å². The molecule has 0 aliphatic carbocycles. The number of fused-ring (bicyclic) bond motifs is 1. The monoisotopic (exact) mass is 447 g/mol. The molecule has 31 heavy (non-hydrogen) atoms. The number of thiazole rings is 1. The molecule has 4 aromatic rings. The van der Waals surface area contributed by atoms with Gasteiger partial charge in [-0.15, -0.1) is 22.7 Å². The molecule has 2 aromatic carbocycles. The summed E-state index contributed by atoms with van der Waals surface area (Å²) in [6, 6.07) is 22.9. The van der Waals surface area contributed by atoms with Gasteiger partial charge < -0.3 is 4.90 Å². The average molecular weight is 448 g/mol. The maximum absolute atomic E-state index is 13.1. The molecule has 1 saturated heterocycles. The Bertz CT molecular complexity index is 1110. The van der Waals surface area contributed by atoms with Crippen LogP contribution in [0.5, 0.6) is 0 Å². The van der Waals surface area contributed by atoms with Crippen molar-refractivity contribution >= 4 is 38.8 Å². The third-order valence-electron chi connectivity index (χ3n) is 5.85. The average Bonchev–Trinajstić information content (AvgIpc) is 3.50. The quantitative estimate of drug-likeness (QED) is 0.428. The van der Waals surface area contributed by atoms with E-state index in [0.29, 0.717) is 12.5 Å². The molecule has 5 rings (SSSR count). The molecule has 1 amide bonds. The van der Waals surface area contributed by atoms with Crippen molar-refractivity contribution < 1.29 is 4.79 Å². The molecule has 6 heteroatoms. The van der Waals surface area contributed by atoms with Gasteiger partial charge in [0.15, 0.2) is 0 Å². The number of piperidine rings is 1. The first kappa shape index (κ1) is 20.4. The Kier molecular flexibility index (Phi) is 6.11. The second-order valence-electron chi connectivity index (χ2n) is 7.94. The maximum Gasteiger partial charge on any atom is 0.236 e. The second-order valence-corrected chi connectivity index (χ2v) is 9.98. The fraction of sp³-hybridized carbons (Fsp3) is 0.280. The molecule has 0 bridgehead atoms. The number of para-hydroxylation sites is 1. The summed E-state index contributed by atoms with van der Waals surface area (Å²) in [4.78, 5) is 21.2. The number of carbonyl (C=O) groups excluding carboxylic acids is 1. The van der Waals surface area contributed by atoms with E-state index in [1.54, 1.807) is 22.7 Å². The predicted octanol–water partition coefficient (Wildman–Crippen LogP) is 5.44. The van der Waals surface area contributed by atoms with Crippen molar-refractivity contribution in [2.45, 2.75) is 24.8 Å². The van der Waals surface area contributed by atoms with Crippen molar-refractivity contribution in [2.75, 3.05) is 19.6 Å². The number of hydrogen-bond donors (Lipinski definition) is 1. The Morgan fingerprint density at radius 1 is 1.10 bits per heavy atom. The zero-order valence-corrected chi connectivity index (χ0v) is 18.9. The molecule has 0 saturated carbocycles. The van der Waals surface area contributed by atoms with Gasteiger partial charge in [0.05, 0.1) is 27.8 Å². The van der Waals surface area contributed by atoms with Gasteiger partial charge in [-0.25, -0.2) is 4.98 Å². The smallest absolute Gasteiger partial charge is 0.236 e. The van der Waals surface area contributed by atoms with Crippen LogP contribution in [0.1, 0.15) is 40.2 Å². The number of benzene rings is 2. The number of nitrogens with one attached hydrogen (secondary N) is 1. The fourth-order valence-corrected chi connectivity index (χ4v) is 6.17. The van der Waals surface area contributed by atoms with E-state index in [4.69, 9.17) is 4.98 Å². The van der Waals surface area contributed by atoms with Crippen LogP contribution in [-0.2, 0) is 4.79 Å². The molecular formula is C25H25N3OS2. The molecule has 158 valence electrons. The van der Waals surface area contributed by atoms with Gasteiger partial charge in [0.2, 0.25) is 5.91 Å². The van der Waals surface area contributed by atoms with E-state index >= 15 is 0 Å². The minimum atomic E-state index is 0.0370. The van der Waals surface area contributed by atoms with Crippen LogP contribution in [0.2, 0.25) is 0 Å². The van der Waals surface area contributed by atoms with E-state index in [2.05, 4.69) is 53.2 Å². The van der Waals surface area contributed by atoms with Crippen LogP contribution in [0, 0.1) is 0 Å². The fourth-order valence-electron chi connectivity index (χ4n) is 4.25. The summed E-state index contributed by atoms with van der Waals surface area (Å²) in [6.45, 7) is 1.93. The molecule has 1 fully saturated rings. The van der Waals surface area contributed by atoms with Gasteiger partial charge in [0.1, 0.15) is 0 Å². The van der Waals surface area contributed by atoms with Crippen molar-refractivity contribution in [3.63, 3.8) is 0 Å². The van der Waals surface area contributed by atoms with Crippen LogP contribution in [0.4, 0.5) is 0 Å². The molecule has 1 N–H and O–H groups in total. The van der Waals surface area contributed by atoms with Crippen LogP contribution in [0.3, 0.4) is 0 Å². The van der Waals surface area contributed by atoms with Gasteiger partial charge >= 0.3 is 0 Å². The van der Waals surface area contributed by atoms with Crippen molar-refractivity contribution in [2.24, 2.45) is 0 Å². The minimum Gasteiger partial charge on any atom is -0.341 e. The van der Waals surface area contributed by atoms with Gasteiger partial charge in [0.25, 0.3) is 0 Å². The SMILES string of the molecule is O=C(CN[C@H](c1ccccc1)c1cccs1)N1CCC[C@H](c2nc3ccccc3s2)C1. The van der Waals surface area contributed by atoms with E-state index in [1.165, 1.54) is 15.1 Å². The van der Waals surface area contributed by atoms with Crippen molar-refractivity contribution in [3.8, 4) is 0 Å². The summed E-state index contributed by atoms with van der Waals surface area (Å²) in [5.74, 6) is 0.501. The molecule has 0 radical (unpaired) electrons. The van der Waals surface area contributed by atoms with Crippen LogP contribution >= 0.6 is 22.7 Å². The lowest BCUT2D eigenvalue weighted by Crippen LogP contribution is -2.44. The zero-order chi connectivity index (χ0) is 21.0. The highest BCUT2D eigenvalue weighted by molar-refractivity contribution is 7.18. The molecule has 1 aliphatic rings. The predicted molar refractivity (Wildman–Crippen MR) is 129 cm³/mol. The molecule has 2 aromatic heterocycles. The van der Waals surface area contributed by atoms with Crippen molar-refractivity contribution in [1.82, 2.24) is 15.2 Å². The minimum absolute atomic E-state index is 0.0370. The van der Waals surface area contributed by atoms with Gasteiger partial charge in [-0.1, -0.05) is 48.5 Å². The number of rotatable bonds is 6. The summed E-state index contributed by atoms with van der Waals surface area (Å²) in [5.41, 5.74) is 2.25. The van der Waals surface area contributed by atoms with Gasteiger partial charge in [-0.2, -0.15) is 0 Å². The van der Waals surface area contributed by atoms with Crippen molar-refractivity contribution in [1.29, 1.82) is 0 Å². The Labute approximate surface area is 190 Å². The number of hydrogen-bond acceptors (Lipinski definition) is 5. The number of thiophene rings is 1. The van der Waals surface area contributed by atoms with Crippen LogP contribution in [0.15, 0.2) is 72.1 Å². The lowest BCUT2D eigenvalue weighted by atomic mass is 9.98. The summed E-state index contributed by atoms with van der Waals surface area (Å²) >= 11 is 3.49. The lowest BCUT2D eigenvalue weighted by molar-refractivity contribution is -0.131. The molecule has 2 atom stereocenters. The maximum atomic E-state index is 13.1. The summed E-state index contributed by atoms with van der Waals surface area (Å²) < 4.78 is 1.23. The number of carbonyl (C=O) groups is 1. The van der Waals surface area contributed by atoms with Gasteiger partial charge in [0, 0.05) is 23.9 Å². The summed E-state index contributed by atoms with van der Waals surface area (Å²) in [6.07, 6.45) is 2.12. The second kappa shape index (κ2) is 9.30. The van der Waals surface area contributed by atoms with E-state index in [0.717, 1.165) is 36.5 Å². The molecule has 3 heterocycles. The van der Waals surface area contributed by atoms with E-state index < -0.39 is 0 Å². The third-order valence-corrected chi connectivity index (χ3v) is 7.99. The Morgan fingerprint density at radius 3 is 2.74 bits per heavy atom. The largest absolute Gasteiger partial charge is 0.341 e. The highest BCUT2D eigenvalue weighted by Crippen LogP contribution is 2.33. The number of amides is 1. The third kappa shape index (κ3) is 4.56. The van der Waals surface area contributed by atoms with Crippen LogP contribution < -0.4 is 5.32 Å². The zero-order valence-electron chi connectivity index (χ0n) is 17.2. The number of likely N-dealkylation sites (tertiary alicyclic amines) is 1. The Balaban J connectivity index is 1.26. The molecule has 0 spiro atoms. The summed E-state index contributed by atoms with van der Waals surface area (Å²) in [5, 5.41) is 6.76. The first-order chi connectivity index (χ1) is 15.3. The highest BCUT2D eigenvalue weighted by atomic mass is 32.1. The molecule has 4 nitrogen and oxygen atoms in total. The van der Waals surface area contributed by atoms with E-state index in [1.807, 2.05) is 29.2 Å². The van der Waals surface area contributed by atoms with E-state index in [9.17, 15) is 4.79 Å². The number of aromatic nitrogens is 1. The van der Waals surface area contributed by atoms with Crippen molar-refractivity contribution in [3.05, 3.63) is 87.6 Å².